The Morgan fingerprint density at radius 3 is 1.51 bits per heavy atom. The van der Waals surface area contributed by atoms with E-state index in [1.165, 1.54) is 0 Å². The third-order valence-electron chi connectivity index (χ3n) is 10.5. The lowest BCUT2D eigenvalue weighted by molar-refractivity contribution is -0.315. The minimum absolute atomic E-state index is 0.00958. The molecule has 1 N–H and O–H groups in total. The zero-order chi connectivity index (χ0) is 29.2. The van der Waals surface area contributed by atoms with Crippen LogP contribution in [0.4, 0.5) is 0 Å². The van der Waals surface area contributed by atoms with Crippen LogP contribution in [0.1, 0.15) is 89.5 Å². The zero-order valence-corrected chi connectivity index (χ0v) is 26.8. The molecule has 3 rings (SSSR count). The molecule has 0 saturated carbocycles. The first-order valence-electron chi connectivity index (χ1n) is 15.8. The molecule has 0 aromatic heterocycles. The van der Waals surface area contributed by atoms with Crippen molar-refractivity contribution in [3.63, 3.8) is 0 Å². The molecule has 0 aliphatic carbocycles. The maximum atomic E-state index is 11.0. The molecule has 230 valence electrons. The number of hydrogen-bond acceptors (Lipinski definition) is 7. The summed E-state index contributed by atoms with van der Waals surface area (Å²) in [7, 11) is 0. The lowest BCUT2D eigenvalue weighted by atomic mass is 9.77. The van der Waals surface area contributed by atoms with E-state index in [0.717, 1.165) is 6.42 Å². The maximum absolute atomic E-state index is 11.0. The Labute approximate surface area is 239 Å². The molecule has 0 aromatic rings. The first-order valence-corrected chi connectivity index (χ1v) is 15.8. The van der Waals surface area contributed by atoms with Crippen LogP contribution < -0.4 is 0 Å². The lowest BCUT2D eigenvalue weighted by Crippen LogP contribution is -2.54. The van der Waals surface area contributed by atoms with Crippen molar-refractivity contribution >= 4 is 0 Å². The number of aliphatic hydroxyl groups excluding tert-OH is 1. The van der Waals surface area contributed by atoms with Gasteiger partial charge in [0, 0.05) is 11.8 Å². The fourth-order valence-corrected chi connectivity index (χ4v) is 6.49. The molecule has 0 radical (unpaired) electrons. The normalized spacial score (nSPS) is 47.6. The summed E-state index contributed by atoms with van der Waals surface area (Å²) in [5.41, 5.74) is 0. The predicted octanol–water partition coefficient (Wildman–Crippen LogP) is 6.12. The first kappa shape index (κ1) is 33.2. The smallest absolute Gasteiger partial charge is 0.184 e. The summed E-state index contributed by atoms with van der Waals surface area (Å²) in [5, 5.41) is 11.0. The van der Waals surface area contributed by atoms with Gasteiger partial charge in [0.2, 0.25) is 0 Å². The monoisotopic (exact) mass is 556 g/mol. The van der Waals surface area contributed by atoms with Gasteiger partial charge >= 0.3 is 0 Å². The quantitative estimate of drug-likeness (QED) is 0.348. The lowest BCUT2D eigenvalue weighted by Gasteiger charge is -2.47. The molecule has 0 amide bonds. The molecule has 0 bridgehead atoms. The summed E-state index contributed by atoms with van der Waals surface area (Å²) in [6.45, 7) is 27.0. The molecule has 39 heavy (non-hydrogen) atoms. The Morgan fingerprint density at radius 2 is 0.974 bits per heavy atom. The van der Waals surface area contributed by atoms with Gasteiger partial charge in [-0.3, -0.25) is 0 Å². The summed E-state index contributed by atoms with van der Waals surface area (Å²) in [5.74, 6) is 3.05. The molecule has 6 unspecified atom stereocenters. The molecule has 3 fully saturated rings. The van der Waals surface area contributed by atoms with E-state index in [4.69, 9.17) is 28.4 Å². The molecule has 3 aliphatic rings. The van der Waals surface area contributed by atoms with Crippen LogP contribution in [-0.4, -0.2) is 67.7 Å². The minimum atomic E-state index is -0.725. The fraction of sp³-hybridized carbons (Fsp3) is 1.00. The van der Waals surface area contributed by atoms with Gasteiger partial charge in [-0.2, -0.15) is 0 Å². The first-order chi connectivity index (χ1) is 18.2. The number of hydrogen-bond donors (Lipinski definition) is 1. The van der Waals surface area contributed by atoms with Crippen molar-refractivity contribution in [1.82, 2.24) is 0 Å². The number of ether oxygens (including phenoxy) is 6. The summed E-state index contributed by atoms with van der Waals surface area (Å²) in [6.07, 6.45) is -0.939. The van der Waals surface area contributed by atoms with Gasteiger partial charge in [0.25, 0.3) is 0 Å². The van der Waals surface area contributed by atoms with Gasteiger partial charge < -0.3 is 33.5 Å². The SMILES string of the molecule is CC(C)CC1O[C@@H](OCC2O[C@@H](OCC3O[C@@H](OC(C)C)C(C)[C@H](C)[C@@H]3C)C(O)[C@H](C)[C@@H]2C)C(C)[C@H](C)[C@@H]1C. The van der Waals surface area contributed by atoms with Crippen molar-refractivity contribution < 1.29 is 33.5 Å². The third-order valence-corrected chi connectivity index (χ3v) is 10.5. The van der Waals surface area contributed by atoms with Crippen molar-refractivity contribution in [1.29, 1.82) is 0 Å². The van der Waals surface area contributed by atoms with E-state index in [2.05, 4.69) is 69.2 Å². The predicted molar refractivity (Wildman–Crippen MR) is 153 cm³/mol. The highest BCUT2D eigenvalue weighted by molar-refractivity contribution is 4.88. The van der Waals surface area contributed by atoms with Gasteiger partial charge in [0.05, 0.1) is 37.6 Å². The average Bonchev–Trinajstić information content (AvgIpc) is 2.87. The van der Waals surface area contributed by atoms with E-state index in [9.17, 15) is 5.11 Å². The molecular formula is C32H60O7. The Kier molecular flexibility index (Phi) is 12.1. The Hall–Kier alpha value is -0.280. The molecule has 0 aromatic carbocycles. The zero-order valence-electron chi connectivity index (χ0n) is 26.8. The largest absolute Gasteiger partial charge is 0.388 e. The third kappa shape index (κ3) is 7.97. The van der Waals surface area contributed by atoms with Crippen LogP contribution in [0.2, 0.25) is 0 Å². The molecular weight excluding hydrogens is 496 g/mol. The van der Waals surface area contributed by atoms with Crippen LogP contribution in [0.3, 0.4) is 0 Å². The Balaban J connectivity index is 1.60. The van der Waals surface area contributed by atoms with E-state index in [1.807, 2.05) is 13.8 Å². The van der Waals surface area contributed by atoms with Crippen LogP contribution in [0.5, 0.6) is 0 Å². The van der Waals surface area contributed by atoms with E-state index >= 15 is 0 Å². The highest BCUT2D eigenvalue weighted by Gasteiger charge is 2.45. The van der Waals surface area contributed by atoms with E-state index < -0.39 is 12.4 Å². The Morgan fingerprint density at radius 1 is 0.538 bits per heavy atom. The van der Waals surface area contributed by atoms with E-state index in [-0.39, 0.29) is 48.8 Å². The molecule has 3 saturated heterocycles. The van der Waals surface area contributed by atoms with Gasteiger partial charge in [-0.25, -0.2) is 0 Å². The van der Waals surface area contributed by atoms with Crippen molar-refractivity contribution in [2.75, 3.05) is 13.2 Å². The fourth-order valence-electron chi connectivity index (χ4n) is 6.49. The topological polar surface area (TPSA) is 75.6 Å². The van der Waals surface area contributed by atoms with Crippen molar-refractivity contribution in [3.05, 3.63) is 0 Å². The van der Waals surface area contributed by atoms with Gasteiger partial charge in [-0.1, -0.05) is 69.2 Å². The summed E-state index contributed by atoms with van der Waals surface area (Å²) in [6, 6.07) is 0. The van der Waals surface area contributed by atoms with Crippen molar-refractivity contribution in [2.45, 2.75) is 139 Å². The van der Waals surface area contributed by atoms with Gasteiger partial charge in [0.15, 0.2) is 18.9 Å². The second kappa shape index (κ2) is 14.3. The standard InChI is InChI=1S/C32H60O7/c1-16(2)13-26-20(7)18(5)24(11)30(37-26)34-14-28-22(9)23(10)29(33)32(39-28)35-15-27-21(8)19(6)25(12)31(38-27)36-17(3)4/h16-33H,13-15H2,1-12H3/t18-,19-,20+,21+,22+,23-,24?,25?,26?,27?,28?,29?,30-,31-,32-/m1/s1. The summed E-state index contributed by atoms with van der Waals surface area (Å²) < 4.78 is 38.0. The Bertz CT molecular complexity index is 673. The van der Waals surface area contributed by atoms with Crippen LogP contribution in [-0.2, 0) is 28.4 Å². The van der Waals surface area contributed by atoms with E-state index in [1.54, 1.807) is 0 Å². The average molecular weight is 557 g/mol. The minimum Gasteiger partial charge on any atom is -0.388 e. The maximum Gasteiger partial charge on any atom is 0.184 e. The second-order valence-electron chi connectivity index (χ2n) is 14.0. The molecule has 15 atom stereocenters. The van der Waals surface area contributed by atoms with Crippen LogP contribution in [0, 0.1) is 53.3 Å². The van der Waals surface area contributed by atoms with Crippen LogP contribution in [0.15, 0.2) is 0 Å². The molecule has 3 aliphatic heterocycles. The molecule has 3 heterocycles. The van der Waals surface area contributed by atoms with Crippen molar-refractivity contribution in [3.8, 4) is 0 Å². The van der Waals surface area contributed by atoms with Crippen LogP contribution >= 0.6 is 0 Å². The second-order valence-corrected chi connectivity index (χ2v) is 14.0. The number of aliphatic hydroxyl groups is 1. The summed E-state index contributed by atoms with van der Waals surface area (Å²) >= 11 is 0. The van der Waals surface area contributed by atoms with E-state index in [0.29, 0.717) is 54.6 Å². The number of rotatable bonds is 10. The van der Waals surface area contributed by atoms with Gasteiger partial charge in [0.1, 0.15) is 6.10 Å². The molecule has 7 heteroatoms. The van der Waals surface area contributed by atoms with Gasteiger partial charge in [-0.05, 0) is 61.7 Å². The highest BCUT2D eigenvalue weighted by Crippen LogP contribution is 2.40. The molecule has 0 spiro atoms. The highest BCUT2D eigenvalue weighted by atomic mass is 16.7. The van der Waals surface area contributed by atoms with Gasteiger partial charge in [-0.15, -0.1) is 0 Å². The summed E-state index contributed by atoms with van der Waals surface area (Å²) in [4.78, 5) is 0. The molecule has 7 nitrogen and oxygen atoms in total. The van der Waals surface area contributed by atoms with Crippen molar-refractivity contribution in [2.24, 2.45) is 53.3 Å². The van der Waals surface area contributed by atoms with Crippen LogP contribution in [0.25, 0.3) is 0 Å².